The molecule has 0 aliphatic carbocycles. The summed E-state index contributed by atoms with van der Waals surface area (Å²) in [6, 6.07) is 2.26. The van der Waals surface area contributed by atoms with Crippen LogP contribution in [0.5, 0.6) is 0 Å². The number of hydrogen-bond acceptors (Lipinski definition) is 5. The van der Waals surface area contributed by atoms with Crippen LogP contribution in [0.25, 0.3) is 0 Å². The van der Waals surface area contributed by atoms with Gasteiger partial charge in [0, 0.05) is 25.2 Å². The molecule has 0 amide bonds. The van der Waals surface area contributed by atoms with Crippen LogP contribution in [0.15, 0.2) is 6.07 Å². The van der Waals surface area contributed by atoms with Crippen molar-refractivity contribution >= 4 is 36.6 Å². The second kappa shape index (κ2) is 6.97. The quantitative estimate of drug-likeness (QED) is 0.865. The lowest BCUT2D eigenvalue weighted by Crippen LogP contribution is -2.27. The van der Waals surface area contributed by atoms with Crippen molar-refractivity contribution in [2.45, 2.75) is 32.2 Å². The number of nitrogen functional groups attached to an aromatic ring is 1. The molecule has 2 heterocycles. The van der Waals surface area contributed by atoms with E-state index in [1.807, 2.05) is 6.07 Å². The van der Waals surface area contributed by atoms with Gasteiger partial charge in [0.1, 0.15) is 5.82 Å². The van der Waals surface area contributed by atoms with E-state index in [-0.39, 0.29) is 30.9 Å². The van der Waals surface area contributed by atoms with Gasteiger partial charge in [-0.05, 0) is 12.3 Å². The minimum Gasteiger partial charge on any atom is -0.368 e. The molecule has 18 heavy (non-hydrogen) atoms. The fourth-order valence-electron chi connectivity index (χ4n) is 1.92. The number of hydrogen-bond donors (Lipinski definition) is 2. The van der Waals surface area contributed by atoms with Crippen molar-refractivity contribution in [2.24, 2.45) is 5.73 Å². The molecule has 7 heteroatoms. The summed E-state index contributed by atoms with van der Waals surface area (Å²) in [5.74, 6) is 1.62. The number of anilines is 2. The van der Waals surface area contributed by atoms with E-state index in [4.69, 9.17) is 11.5 Å². The van der Waals surface area contributed by atoms with Gasteiger partial charge in [-0.3, -0.25) is 0 Å². The number of halogens is 2. The first kappa shape index (κ1) is 17.2. The van der Waals surface area contributed by atoms with Gasteiger partial charge in [0.05, 0.1) is 5.69 Å². The fourth-order valence-corrected chi connectivity index (χ4v) is 1.92. The number of nitrogens with zero attached hydrogens (tertiary/aromatic N) is 3. The van der Waals surface area contributed by atoms with E-state index >= 15 is 0 Å². The highest BCUT2D eigenvalue weighted by molar-refractivity contribution is 5.85. The van der Waals surface area contributed by atoms with Crippen LogP contribution in [0, 0.1) is 0 Å². The summed E-state index contributed by atoms with van der Waals surface area (Å²) >= 11 is 0. The summed E-state index contributed by atoms with van der Waals surface area (Å²) in [6.45, 7) is 6.01. The van der Waals surface area contributed by atoms with Crippen LogP contribution in [0.1, 0.15) is 31.9 Å². The van der Waals surface area contributed by atoms with Crippen LogP contribution in [-0.2, 0) is 0 Å². The Bertz CT molecular complexity index is 386. The van der Waals surface area contributed by atoms with Gasteiger partial charge in [-0.15, -0.1) is 24.8 Å². The molecule has 1 saturated heterocycles. The zero-order chi connectivity index (χ0) is 11.7. The average molecular weight is 294 g/mol. The molecule has 0 unspecified atom stereocenters. The van der Waals surface area contributed by atoms with Gasteiger partial charge in [-0.2, -0.15) is 4.98 Å². The largest absolute Gasteiger partial charge is 0.368 e. The van der Waals surface area contributed by atoms with E-state index in [0.29, 0.717) is 11.9 Å². The zero-order valence-corrected chi connectivity index (χ0v) is 12.3. The van der Waals surface area contributed by atoms with E-state index in [1.165, 1.54) is 0 Å². The smallest absolute Gasteiger partial charge is 0.222 e. The fraction of sp³-hybridized carbons (Fsp3) is 0.636. The van der Waals surface area contributed by atoms with Crippen LogP contribution in [0.4, 0.5) is 11.8 Å². The van der Waals surface area contributed by atoms with E-state index in [0.717, 1.165) is 31.0 Å². The van der Waals surface area contributed by atoms with Crippen LogP contribution < -0.4 is 16.4 Å². The van der Waals surface area contributed by atoms with Crippen LogP contribution >= 0.6 is 24.8 Å². The van der Waals surface area contributed by atoms with E-state index < -0.39 is 0 Å². The molecular formula is C11H21Cl2N5. The molecule has 1 aliphatic heterocycles. The van der Waals surface area contributed by atoms with Crippen molar-refractivity contribution in [1.82, 2.24) is 9.97 Å². The molecule has 4 N–H and O–H groups in total. The molecule has 5 nitrogen and oxygen atoms in total. The normalized spacial score (nSPS) is 18.4. The van der Waals surface area contributed by atoms with Gasteiger partial charge in [-0.1, -0.05) is 13.8 Å². The third-order valence-corrected chi connectivity index (χ3v) is 2.89. The molecule has 0 saturated carbocycles. The lowest BCUT2D eigenvalue weighted by Gasteiger charge is -2.18. The first-order chi connectivity index (χ1) is 7.56. The molecule has 0 aromatic carbocycles. The molecule has 0 bridgehead atoms. The predicted octanol–water partition coefficient (Wildman–Crippen LogP) is 1.56. The Labute approximate surface area is 120 Å². The lowest BCUT2D eigenvalue weighted by molar-refractivity contribution is 0.750. The molecule has 1 aromatic rings. The van der Waals surface area contributed by atoms with Crippen LogP contribution in [0.3, 0.4) is 0 Å². The van der Waals surface area contributed by atoms with Crippen molar-refractivity contribution in [1.29, 1.82) is 0 Å². The monoisotopic (exact) mass is 293 g/mol. The maximum atomic E-state index is 5.88. The van der Waals surface area contributed by atoms with E-state index in [2.05, 4.69) is 28.7 Å². The van der Waals surface area contributed by atoms with Crippen LogP contribution in [-0.4, -0.2) is 29.1 Å². The maximum Gasteiger partial charge on any atom is 0.222 e. The van der Waals surface area contributed by atoms with Gasteiger partial charge >= 0.3 is 0 Å². The lowest BCUT2D eigenvalue weighted by atomic mass is 10.1. The van der Waals surface area contributed by atoms with Crippen molar-refractivity contribution in [3.05, 3.63) is 11.8 Å². The van der Waals surface area contributed by atoms with Crippen molar-refractivity contribution in [2.75, 3.05) is 23.7 Å². The summed E-state index contributed by atoms with van der Waals surface area (Å²) in [4.78, 5) is 10.7. The Morgan fingerprint density at radius 3 is 2.50 bits per heavy atom. The second-order valence-corrected chi connectivity index (χ2v) is 4.66. The van der Waals surface area contributed by atoms with Gasteiger partial charge in [0.25, 0.3) is 0 Å². The molecule has 0 radical (unpaired) electrons. The maximum absolute atomic E-state index is 5.88. The molecular weight excluding hydrogens is 273 g/mol. The van der Waals surface area contributed by atoms with Gasteiger partial charge in [0.2, 0.25) is 5.95 Å². The minimum atomic E-state index is 0. The zero-order valence-electron chi connectivity index (χ0n) is 10.7. The summed E-state index contributed by atoms with van der Waals surface area (Å²) in [5, 5.41) is 0. The molecule has 0 spiro atoms. The highest BCUT2D eigenvalue weighted by Gasteiger charge is 2.21. The standard InChI is InChI=1S/C11H19N5.2ClH/c1-7(2)9-5-10(15-11(13)14-9)16-4-3-8(12)6-16;;/h5,7-8H,3-4,6,12H2,1-2H3,(H2,13,14,15);2*1H/t8-;;/m1../s1. The molecule has 1 aliphatic rings. The SMILES string of the molecule is CC(C)c1cc(N2CC[C@@H](N)C2)nc(N)n1.Cl.Cl. The third-order valence-electron chi connectivity index (χ3n) is 2.89. The first-order valence-electron chi connectivity index (χ1n) is 5.71. The number of rotatable bonds is 2. The summed E-state index contributed by atoms with van der Waals surface area (Å²) in [6.07, 6.45) is 1.01. The average Bonchev–Trinajstić information content (AvgIpc) is 2.64. The van der Waals surface area contributed by atoms with Crippen molar-refractivity contribution < 1.29 is 0 Å². The van der Waals surface area contributed by atoms with E-state index in [1.54, 1.807) is 0 Å². The Balaban J connectivity index is 0.00000144. The summed E-state index contributed by atoms with van der Waals surface area (Å²) in [7, 11) is 0. The van der Waals surface area contributed by atoms with Crippen LogP contribution in [0.2, 0.25) is 0 Å². The highest BCUT2D eigenvalue weighted by atomic mass is 35.5. The number of aromatic nitrogens is 2. The van der Waals surface area contributed by atoms with E-state index in [9.17, 15) is 0 Å². The first-order valence-corrected chi connectivity index (χ1v) is 5.71. The topological polar surface area (TPSA) is 81.1 Å². The Morgan fingerprint density at radius 1 is 1.33 bits per heavy atom. The Kier molecular flexibility index (Phi) is 6.67. The second-order valence-electron chi connectivity index (χ2n) is 4.66. The van der Waals surface area contributed by atoms with Gasteiger partial charge in [-0.25, -0.2) is 4.98 Å². The highest BCUT2D eigenvalue weighted by Crippen LogP contribution is 2.22. The Morgan fingerprint density at radius 2 is 2.00 bits per heavy atom. The van der Waals surface area contributed by atoms with Crippen molar-refractivity contribution in [3.63, 3.8) is 0 Å². The summed E-state index contributed by atoms with van der Waals surface area (Å²) in [5.41, 5.74) is 12.6. The summed E-state index contributed by atoms with van der Waals surface area (Å²) < 4.78 is 0. The molecule has 1 atom stereocenters. The predicted molar refractivity (Wildman–Crippen MR) is 79.8 cm³/mol. The molecule has 1 fully saturated rings. The molecule has 104 valence electrons. The van der Waals surface area contributed by atoms with Gasteiger partial charge in [0.15, 0.2) is 0 Å². The van der Waals surface area contributed by atoms with Crippen molar-refractivity contribution in [3.8, 4) is 0 Å². The molecule has 2 rings (SSSR count). The third kappa shape index (κ3) is 3.86. The molecule has 1 aromatic heterocycles. The number of nitrogens with two attached hydrogens (primary N) is 2. The minimum absolute atomic E-state index is 0. The van der Waals surface area contributed by atoms with Gasteiger partial charge < -0.3 is 16.4 Å². The Hall–Kier alpha value is -0.780.